The highest BCUT2D eigenvalue weighted by Gasteiger charge is 2.28. The predicted octanol–water partition coefficient (Wildman–Crippen LogP) is 3.88. The molecule has 0 unspecified atom stereocenters. The van der Waals surface area contributed by atoms with Crippen molar-refractivity contribution in [3.8, 4) is 5.69 Å². The lowest BCUT2D eigenvalue weighted by molar-refractivity contribution is -0.122. The zero-order valence-corrected chi connectivity index (χ0v) is 17.0. The van der Waals surface area contributed by atoms with Crippen molar-refractivity contribution in [1.29, 1.82) is 0 Å². The Hall–Kier alpha value is -2.99. The van der Waals surface area contributed by atoms with E-state index in [9.17, 15) is 4.79 Å². The summed E-state index contributed by atoms with van der Waals surface area (Å²) in [5, 5.41) is 7.61. The molecule has 1 aromatic carbocycles. The lowest BCUT2D eigenvalue weighted by Crippen LogP contribution is -2.46. The summed E-state index contributed by atoms with van der Waals surface area (Å²) in [6.45, 7) is 5.71. The SMILES string of the molecule is Cc1cc(C)n(-c2ccc(NC(=O)[C@H]3CCCCN3Cc3cccnc3)cc2)n1. The van der Waals surface area contributed by atoms with E-state index in [1.165, 1.54) is 0 Å². The monoisotopic (exact) mass is 389 g/mol. The molecule has 0 saturated carbocycles. The van der Waals surface area contributed by atoms with Crippen molar-refractivity contribution in [2.45, 2.75) is 45.7 Å². The molecule has 1 aliphatic heterocycles. The quantitative estimate of drug-likeness (QED) is 0.719. The average molecular weight is 390 g/mol. The van der Waals surface area contributed by atoms with Crippen LogP contribution in [0.4, 0.5) is 5.69 Å². The first-order valence-corrected chi connectivity index (χ1v) is 10.2. The summed E-state index contributed by atoms with van der Waals surface area (Å²) in [6.07, 6.45) is 6.75. The van der Waals surface area contributed by atoms with Crippen LogP contribution in [0.5, 0.6) is 0 Å². The Morgan fingerprint density at radius 3 is 2.69 bits per heavy atom. The number of nitrogens with one attached hydrogen (secondary N) is 1. The van der Waals surface area contributed by atoms with Gasteiger partial charge >= 0.3 is 0 Å². The van der Waals surface area contributed by atoms with E-state index < -0.39 is 0 Å². The van der Waals surface area contributed by atoms with E-state index in [1.54, 1.807) is 6.20 Å². The van der Waals surface area contributed by atoms with Gasteiger partial charge in [0.1, 0.15) is 0 Å². The molecular weight excluding hydrogens is 362 g/mol. The number of carbonyl (C=O) groups excluding carboxylic acids is 1. The van der Waals surface area contributed by atoms with Crippen LogP contribution in [0.1, 0.15) is 36.2 Å². The van der Waals surface area contributed by atoms with Crippen molar-refractivity contribution >= 4 is 11.6 Å². The number of amides is 1. The van der Waals surface area contributed by atoms with Gasteiger partial charge in [-0.25, -0.2) is 4.68 Å². The van der Waals surface area contributed by atoms with Crippen LogP contribution in [-0.2, 0) is 11.3 Å². The fraction of sp³-hybridized carbons (Fsp3) is 0.348. The summed E-state index contributed by atoms with van der Waals surface area (Å²) in [5.74, 6) is 0.0625. The minimum absolute atomic E-state index is 0.0625. The number of piperidine rings is 1. The maximum Gasteiger partial charge on any atom is 0.241 e. The smallest absolute Gasteiger partial charge is 0.241 e. The number of pyridine rings is 1. The van der Waals surface area contributed by atoms with Gasteiger partial charge in [0.2, 0.25) is 5.91 Å². The van der Waals surface area contributed by atoms with E-state index in [0.29, 0.717) is 0 Å². The van der Waals surface area contributed by atoms with Crippen LogP contribution < -0.4 is 5.32 Å². The standard InChI is InChI=1S/C23H27N5O/c1-17-14-18(2)28(26-17)21-10-8-20(9-11-21)25-23(29)22-7-3-4-13-27(22)16-19-6-5-12-24-15-19/h5-6,8-12,14-15,22H,3-4,7,13,16H2,1-2H3,(H,25,29)/t22-/m1/s1. The Morgan fingerprint density at radius 1 is 1.17 bits per heavy atom. The van der Waals surface area contributed by atoms with Crippen LogP contribution in [0.3, 0.4) is 0 Å². The van der Waals surface area contributed by atoms with Crippen molar-refractivity contribution in [3.05, 3.63) is 71.8 Å². The summed E-state index contributed by atoms with van der Waals surface area (Å²) in [7, 11) is 0. The topological polar surface area (TPSA) is 63.1 Å². The molecule has 1 saturated heterocycles. The average Bonchev–Trinajstić information content (AvgIpc) is 3.08. The molecule has 1 fully saturated rings. The number of anilines is 1. The Labute approximate surface area is 171 Å². The largest absolute Gasteiger partial charge is 0.325 e. The van der Waals surface area contributed by atoms with Crippen molar-refractivity contribution < 1.29 is 4.79 Å². The lowest BCUT2D eigenvalue weighted by Gasteiger charge is -2.34. The van der Waals surface area contributed by atoms with Gasteiger partial charge in [-0.15, -0.1) is 0 Å². The summed E-state index contributed by atoms with van der Waals surface area (Å²) < 4.78 is 1.91. The molecule has 1 N–H and O–H groups in total. The van der Waals surface area contributed by atoms with Crippen molar-refractivity contribution in [3.63, 3.8) is 0 Å². The molecular formula is C23H27N5O. The number of rotatable bonds is 5. The van der Waals surface area contributed by atoms with Gasteiger partial charge in [-0.2, -0.15) is 5.10 Å². The zero-order chi connectivity index (χ0) is 20.2. The van der Waals surface area contributed by atoms with Gasteiger partial charge in [-0.3, -0.25) is 14.7 Å². The maximum atomic E-state index is 13.0. The highest BCUT2D eigenvalue weighted by Crippen LogP contribution is 2.22. The molecule has 0 bridgehead atoms. The first kappa shape index (κ1) is 19.3. The number of aromatic nitrogens is 3. The molecule has 3 aromatic rings. The van der Waals surface area contributed by atoms with Crippen LogP contribution in [0.25, 0.3) is 5.69 Å². The Morgan fingerprint density at radius 2 is 2.00 bits per heavy atom. The summed E-state index contributed by atoms with van der Waals surface area (Å²) >= 11 is 0. The van der Waals surface area contributed by atoms with Crippen LogP contribution in [0, 0.1) is 13.8 Å². The van der Waals surface area contributed by atoms with Gasteiger partial charge in [0.05, 0.1) is 17.4 Å². The summed E-state index contributed by atoms with van der Waals surface area (Å²) in [5.41, 5.74) is 5.02. The number of hydrogen-bond acceptors (Lipinski definition) is 4. The molecule has 1 atom stereocenters. The molecule has 2 aromatic heterocycles. The van der Waals surface area contributed by atoms with Crippen LogP contribution >= 0.6 is 0 Å². The number of likely N-dealkylation sites (tertiary alicyclic amines) is 1. The second-order valence-electron chi connectivity index (χ2n) is 7.72. The second kappa shape index (κ2) is 8.57. The number of nitrogens with zero attached hydrogens (tertiary/aromatic N) is 4. The van der Waals surface area contributed by atoms with Crippen LogP contribution in [-0.4, -0.2) is 38.2 Å². The molecule has 1 amide bonds. The number of hydrogen-bond donors (Lipinski definition) is 1. The Kier molecular flexibility index (Phi) is 5.71. The van der Waals surface area contributed by atoms with Crippen molar-refractivity contribution in [2.24, 2.45) is 0 Å². The third-order valence-electron chi connectivity index (χ3n) is 5.41. The normalized spacial score (nSPS) is 17.2. The molecule has 6 heteroatoms. The minimum Gasteiger partial charge on any atom is -0.325 e. The fourth-order valence-corrected chi connectivity index (χ4v) is 4.01. The van der Waals surface area contributed by atoms with Gasteiger partial charge in [0.15, 0.2) is 0 Å². The molecule has 6 nitrogen and oxygen atoms in total. The highest BCUT2D eigenvalue weighted by atomic mass is 16.2. The first-order valence-electron chi connectivity index (χ1n) is 10.2. The predicted molar refractivity (Wildman–Crippen MR) is 114 cm³/mol. The number of carbonyl (C=O) groups is 1. The number of aryl methyl sites for hydroxylation is 2. The molecule has 150 valence electrons. The van der Waals surface area contributed by atoms with E-state index in [0.717, 1.165) is 60.7 Å². The lowest BCUT2D eigenvalue weighted by atomic mass is 10.0. The minimum atomic E-state index is -0.111. The van der Waals surface area contributed by atoms with Crippen molar-refractivity contribution in [2.75, 3.05) is 11.9 Å². The van der Waals surface area contributed by atoms with Crippen LogP contribution in [0.15, 0.2) is 54.9 Å². The highest BCUT2D eigenvalue weighted by molar-refractivity contribution is 5.95. The first-order chi connectivity index (χ1) is 14.1. The molecule has 29 heavy (non-hydrogen) atoms. The van der Waals surface area contributed by atoms with E-state index >= 15 is 0 Å². The summed E-state index contributed by atoms with van der Waals surface area (Å²) in [4.78, 5) is 19.5. The van der Waals surface area contributed by atoms with Gasteiger partial charge in [-0.05, 0) is 75.2 Å². The van der Waals surface area contributed by atoms with Crippen LogP contribution in [0.2, 0.25) is 0 Å². The Bertz CT molecular complexity index is 965. The molecule has 3 heterocycles. The molecule has 1 aliphatic rings. The zero-order valence-electron chi connectivity index (χ0n) is 17.0. The Balaban J connectivity index is 1.44. The molecule has 0 spiro atoms. The van der Waals surface area contributed by atoms with Gasteiger partial charge in [0, 0.05) is 30.3 Å². The van der Waals surface area contributed by atoms with E-state index in [1.807, 2.05) is 55.1 Å². The third kappa shape index (κ3) is 4.54. The molecule has 4 rings (SSSR count). The van der Waals surface area contributed by atoms with Gasteiger partial charge in [-0.1, -0.05) is 12.5 Å². The van der Waals surface area contributed by atoms with Crippen molar-refractivity contribution in [1.82, 2.24) is 19.7 Å². The van der Waals surface area contributed by atoms with Gasteiger partial charge < -0.3 is 5.32 Å². The van der Waals surface area contributed by atoms with E-state index in [4.69, 9.17) is 0 Å². The maximum absolute atomic E-state index is 13.0. The molecule has 0 radical (unpaired) electrons. The second-order valence-corrected chi connectivity index (χ2v) is 7.72. The molecule has 0 aliphatic carbocycles. The number of benzene rings is 1. The van der Waals surface area contributed by atoms with E-state index in [2.05, 4.69) is 32.4 Å². The van der Waals surface area contributed by atoms with Gasteiger partial charge in [0.25, 0.3) is 0 Å². The van der Waals surface area contributed by atoms with E-state index in [-0.39, 0.29) is 11.9 Å². The third-order valence-corrected chi connectivity index (χ3v) is 5.41. The fourth-order valence-electron chi connectivity index (χ4n) is 4.01. The summed E-state index contributed by atoms with van der Waals surface area (Å²) in [6, 6.07) is 13.8.